The Morgan fingerprint density at radius 3 is 2.91 bits per heavy atom. The van der Waals surface area contributed by atoms with Crippen molar-refractivity contribution < 1.29 is 0 Å². The maximum atomic E-state index is 8.17. The fraction of sp³-hybridized carbons (Fsp3) is 0. The number of aromatic nitrogens is 1. The van der Waals surface area contributed by atoms with Gasteiger partial charge < -0.3 is 5.73 Å². The Morgan fingerprint density at radius 1 is 1.55 bits per heavy atom. The number of nitrogen functional groups attached to an aromatic ring is 1. The highest BCUT2D eigenvalue weighted by Gasteiger charge is 1.86. The van der Waals surface area contributed by atoms with Crippen molar-refractivity contribution in [1.29, 1.82) is 5.26 Å². The van der Waals surface area contributed by atoms with Gasteiger partial charge in [-0.05, 0) is 12.1 Å². The molecule has 2 N–H and O–H groups in total. The van der Waals surface area contributed by atoms with Crippen LogP contribution in [0, 0.1) is 17.4 Å². The summed E-state index contributed by atoms with van der Waals surface area (Å²) in [6.07, 6.45) is 5.55. The first-order valence-corrected chi connectivity index (χ1v) is 3.02. The second kappa shape index (κ2) is 3.37. The summed E-state index contributed by atoms with van der Waals surface area (Å²) in [7, 11) is 0. The number of nitrogens with two attached hydrogens (primary N) is 1. The normalized spacial score (nSPS) is 9.73. The van der Waals surface area contributed by atoms with E-state index in [0.29, 0.717) is 5.82 Å². The molecule has 0 amide bonds. The fourth-order valence-corrected chi connectivity index (χ4v) is 0.606. The van der Waals surface area contributed by atoms with E-state index < -0.39 is 0 Å². The summed E-state index contributed by atoms with van der Waals surface area (Å²) < 4.78 is 0. The monoisotopic (exact) mass is 144 g/mol. The van der Waals surface area contributed by atoms with Gasteiger partial charge in [-0.2, -0.15) is 5.26 Å². The Morgan fingerprint density at radius 2 is 2.36 bits per heavy atom. The number of anilines is 1. The number of pyridine rings is 1. The summed E-state index contributed by atoms with van der Waals surface area (Å²) in [4.78, 5) is 3.82. The summed E-state index contributed by atoms with van der Waals surface area (Å²) in [5.41, 5.74) is 6.09. The number of allylic oxidation sites excluding steroid dienone is 1. The van der Waals surface area contributed by atoms with E-state index in [0.717, 1.165) is 5.56 Å². The molecule has 0 aliphatic rings. The van der Waals surface area contributed by atoms with Crippen molar-refractivity contribution >= 4 is 5.82 Å². The summed E-state index contributed by atoms with van der Waals surface area (Å²) in [5.74, 6) is 0.465. The molecule has 53 valence electrons. The number of hydrogen-bond acceptors (Lipinski definition) is 3. The number of nitriles is 1. The van der Waals surface area contributed by atoms with Crippen molar-refractivity contribution in [3.05, 3.63) is 36.0 Å². The molecule has 3 heteroatoms. The lowest BCUT2D eigenvalue weighted by Crippen LogP contribution is -1.88. The van der Waals surface area contributed by atoms with Crippen molar-refractivity contribution in [2.24, 2.45) is 0 Å². The third kappa shape index (κ3) is 2.11. The van der Waals surface area contributed by atoms with Crippen LogP contribution in [0.1, 0.15) is 5.56 Å². The second-order valence-electron chi connectivity index (χ2n) is 1.89. The topological polar surface area (TPSA) is 62.7 Å². The highest BCUT2D eigenvalue weighted by Crippen LogP contribution is 2.00. The third-order valence-electron chi connectivity index (χ3n) is 1.09. The van der Waals surface area contributed by atoms with Crippen LogP contribution in [0.25, 0.3) is 0 Å². The van der Waals surface area contributed by atoms with E-state index in [-0.39, 0.29) is 0 Å². The molecule has 3 nitrogen and oxygen atoms in total. The van der Waals surface area contributed by atoms with Gasteiger partial charge in [0.2, 0.25) is 0 Å². The molecule has 0 aliphatic carbocycles. The Bertz CT molecular complexity index is 292. The molecule has 1 rings (SSSR count). The molecule has 1 aromatic rings. The van der Waals surface area contributed by atoms with Crippen LogP contribution in [0.15, 0.2) is 24.4 Å². The van der Waals surface area contributed by atoms with Crippen LogP contribution in [-0.4, -0.2) is 4.98 Å². The SMILES string of the molecule is N#C/C=[C]/c1ccc(N)nc1. The van der Waals surface area contributed by atoms with Crippen LogP contribution in [0.2, 0.25) is 0 Å². The Kier molecular flexibility index (Phi) is 2.24. The van der Waals surface area contributed by atoms with Gasteiger partial charge >= 0.3 is 0 Å². The molecular weight excluding hydrogens is 138 g/mol. The van der Waals surface area contributed by atoms with Crippen LogP contribution in [0.5, 0.6) is 0 Å². The van der Waals surface area contributed by atoms with Gasteiger partial charge in [0, 0.05) is 23.9 Å². The van der Waals surface area contributed by atoms with Crippen LogP contribution < -0.4 is 5.73 Å². The molecule has 11 heavy (non-hydrogen) atoms. The van der Waals surface area contributed by atoms with Crippen LogP contribution in [0.3, 0.4) is 0 Å². The first-order valence-electron chi connectivity index (χ1n) is 3.02. The molecule has 0 unspecified atom stereocenters. The van der Waals surface area contributed by atoms with Gasteiger partial charge in [-0.25, -0.2) is 4.98 Å². The zero-order chi connectivity index (χ0) is 8.10. The predicted molar refractivity (Wildman–Crippen MR) is 41.2 cm³/mol. The molecular formula is C8H6N3. The minimum atomic E-state index is 0.465. The maximum absolute atomic E-state index is 8.17. The lowest BCUT2D eigenvalue weighted by atomic mass is 10.2. The van der Waals surface area contributed by atoms with E-state index >= 15 is 0 Å². The van der Waals surface area contributed by atoms with E-state index in [9.17, 15) is 0 Å². The maximum Gasteiger partial charge on any atom is 0.123 e. The van der Waals surface area contributed by atoms with Gasteiger partial charge in [0.05, 0.1) is 6.07 Å². The number of hydrogen-bond donors (Lipinski definition) is 1. The molecule has 0 spiro atoms. The van der Waals surface area contributed by atoms with Gasteiger partial charge in [0.1, 0.15) is 5.82 Å². The molecule has 1 heterocycles. The lowest BCUT2D eigenvalue weighted by Gasteiger charge is -1.90. The summed E-state index contributed by atoms with van der Waals surface area (Å²) >= 11 is 0. The van der Waals surface area contributed by atoms with Crippen molar-refractivity contribution in [3.8, 4) is 6.07 Å². The zero-order valence-corrected chi connectivity index (χ0v) is 5.78. The molecule has 0 aliphatic heterocycles. The van der Waals surface area contributed by atoms with E-state index in [4.69, 9.17) is 11.0 Å². The Balaban J connectivity index is 2.84. The standard InChI is InChI=1S/C8H6N3/c9-5-1-2-7-3-4-8(10)11-6-7/h1,3-4,6H,(H2,10,11). The molecule has 1 radical (unpaired) electrons. The van der Waals surface area contributed by atoms with Gasteiger partial charge in [-0.15, -0.1) is 0 Å². The van der Waals surface area contributed by atoms with Crippen molar-refractivity contribution in [1.82, 2.24) is 4.98 Å². The van der Waals surface area contributed by atoms with Crippen molar-refractivity contribution in [2.45, 2.75) is 0 Å². The summed E-state index contributed by atoms with van der Waals surface area (Å²) in [5, 5.41) is 8.17. The molecule has 0 fully saturated rings. The van der Waals surface area contributed by atoms with Gasteiger partial charge in [-0.1, -0.05) is 0 Å². The summed E-state index contributed by atoms with van der Waals surface area (Å²) in [6, 6.07) is 5.24. The predicted octanol–water partition coefficient (Wildman–Crippen LogP) is 0.895. The highest BCUT2D eigenvalue weighted by molar-refractivity contribution is 5.32. The average Bonchev–Trinajstić information content (AvgIpc) is 2.04. The largest absolute Gasteiger partial charge is 0.384 e. The summed E-state index contributed by atoms with van der Waals surface area (Å²) in [6.45, 7) is 0. The molecule has 0 bridgehead atoms. The minimum Gasteiger partial charge on any atom is -0.384 e. The van der Waals surface area contributed by atoms with Crippen molar-refractivity contribution in [2.75, 3.05) is 5.73 Å². The second-order valence-corrected chi connectivity index (χ2v) is 1.89. The molecule has 1 aromatic heterocycles. The molecule has 0 saturated carbocycles. The first-order chi connectivity index (χ1) is 5.33. The molecule has 0 saturated heterocycles. The van der Waals surface area contributed by atoms with Gasteiger partial charge in [0.25, 0.3) is 0 Å². The van der Waals surface area contributed by atoms with Crippen molar-refractivity contribution in [3.63, 3.8) is 0 Å². The number of nitrogens with zero attached hydrogens (tertiary/aromatic N) is 2. The van der Waals surface area contributed by atoms with Crippen LogP contribution in [-0.2, 0) is 0 Å². The quantitative estimate of drug-likeness (QED) is 0.595. The zero-order valence-electron chi connectivity index (χ0n) is 5.78. The Labute approximate surface area is 64.8 Å². The van der Waals surface area contributed by atoms with E-state index in [1.54, 1.807) is 18.3 Å². The van der Waals surface area contributed by atoms with E-state index in [1.807, 2.05) is 6.07 Å². The van der Waals surface area contributed by atoms with E-state index in [2.05, 4.69) is 11.1 Å². The molecule has 0 aromatic carbocycles. The fourth-order valence-electron chi connectivity index (χ4n) is 0.606. The first kappa shape index (κ1) is 7.29. The van der Waals surface area contributed by atoms with Crippen LogP contribution in [0.4, 0.5) is 5.82 Å². The van der Waals surface area contributed by atoms with Gasteiger partial charge in [-0.3, -0.25) is 0 Å². The smallest absolute Gasteiger partial charge is 0.123 e. The van der Waals surface area contributed by atoms with Crippen LogP contribution >= 0.6 is 0 Å². The minimum absolute atomic E-state index is 0.465. The third-order valence-corrected chi connectivity index (χ3v) is 1.09. The van der Waals surface area contributed by atoms with Gasteiger partial charge in [0.15, 0.2) is 0 Å². The number of rotatable bonds is 1. The molecule has 0 atom stereocenters. The lowest BCUT2D eigenvalue weighted by molar-refractivity contribution is 1.31. The van der Waals surface area contributed by atoms with E-state index in [1.165, 1.54) is 6.08 Å². The Hall–Kier alpha value is -1.82. The highest BCUT2D eigenvalue weighted by atomic mass is 14.8. The average molecular weight is 144 g/mol.